The van der Waals surface area contributed by atoms with Gasteiger partial charge in [0.25, 0.3) is 0 Å². The number of nitrogens with zero attached hydrogens (tertiary/aromatic N) is 2. The van der Waals surface area contributed by atoms with Gasteiger partial charge in [0.05, 0.1) is 18.7 Å². The Labute approximate surface area is 427 Å². The number of hydrogen-bond acceptors (Lipinski definition) is 10. The van der Waals surface area contributed by atoms with Gasteiger partial charge in [-0.15, -0.1) is 11.3 Å². The summed E-state index contributed by atoms with van der Waals surface area (Å²) in [5, 5.41) is 0. The highest BCUT2D eigenvalue weighted by molar-refractivity contribution is 7.12. The van der Waals surface area contributed by atoms with Gasteiger partial charge in [0.15, 0.2) is 0 Å². The molecular formula is C58H106N2O8S. The summed E-state index contributed by atoms with van der Waals surface area (Å²) in [6.07, 6.45) is 36.0. The molecule has 1 aromatic heterocycles. The molecule has 0 saturated heterocycles. The Kier molecular flexibility index (Phi) is 44.4. The zero-order valence-electron chi connectivity index (χ0n) is 46.2. The topological polar surface area (TPSA) is 120 Å². The third-order valence-corrected chi connectivity index (χ3v) is 14.0. The van der Waals surface area contributed by atoms with Crippen molar-refractivity contribution in [2.24, 2.45) is 0 Å². The van der Waals surface area contributed by atoms with Crippen molar-refractivity contribution in [1.82, 2.24) is 9.80 Å². The van der Waals surface area contributed by atoms with Crippen LogP contribution in [0.1, 0.15) is 279 Å². The van der Waals surface area contributed by atoms with E-state index < -0.39 is 0 Å². The maximum absolute atomic E-state index is 13.0. The van der Waals surface area contributed by atoms with Crippen molar-refractivity contribution in [3.63, 3.8) is 0 Å². The first-order chi connectivity index (χ1) is 33.5. The van der Waals surface area contributed by atoms with Crippen LogP contribution in [-0.2, 0) is 46.4 Å². The van der Waals surface area contributed by atoms with Crippen molar-refractivity contribution in [2.45, 2.75) is 286 Å². The molecular weight excluding hydrogens is 885 g/mol. The number of aldehydes is 1. The maximum atomic E-state index is 13.0. The average Bonchev–Trinajstić information content (AvgIpc) is 3.68. The van der Waals surface area contributed by atoms with Gasteiger partial charge in [0, 0.05) is 48.5 Å². The molecule has 11 heteroatoms. The van der Waals surface area contributed by atoms with Gasteiger partial charge in [-0.25, -0.2) is 4.79 Å². The number of carbonyl (C=O) groups is 5. The fourth-order valence-corrected chi connectivity index (χ4v) is 9.98. The quantitative estimate of drug-likeness (QED) is 0.0273. The highest BCUT2D eigenvalue weighted by Crippen LogP contribution is 2.34. The molecule has 0 radical (unpaired) electrons. The van der Waals surface area contributed by atoms with E-state index >= 15 is 0 Å². The largest absolute Gasteiger partial charge is 0.462 e. The van der Waals surface area contributed by atoms with E-state index in [0.29, 0.717) is 70.2 Å². The first kappa shape index (κ1) is 66.2. The molecule has 2 unspecified atom stereocenters. The standard InChI is InChI=1S/C35H60N2O5S.C21H40O3.C2H6/c1-6-8-10-12-13-15-20-29(19-14-11-9-7-2)42-33(39)22-17-16-21-32(38)37-25-23-30-31(27-37)43-28(3)34(30)35(40)41-26-18-24-36(4)5;1-3-5-7-9-10-13-17-20(16-12-8-6-4-2)24-21(23)18-14-11-15-19-22;1-2/h29H,6-27H2,1-5H3;19-20H,3-18H2,1-2H3;1-2H3. The lowest BCUT2D eigenvalue weighted by Gasteiger charge is -2.27. The molecule has 0 saturated carbocycles. The van der Waals surface area contributed by atoms with Crippen LogP contribution < -0.4 is 0 Å². The lowest BCUT2D eigenvalue weighted by molar-refractivity contribution is -0.151. The van der Waals surface area contributed by atoms with Crippen LogP contribution in [0.3, 0.4) is 0 Å². The van der Waals surface area contributed by atoms with Gasteiger partial charge >= 0.3 is 17.9 Å². The highest BCUT2D eigenvalue weighted by atomic mass is 32.1. The maximum Gasteiger partial charge on any atom is 0.339 e. The number of aryl methyl sites for hydroxylation is 1. The second-order valence-electron chi connectivity index (χ2n) is 19.4. The molecule has 1 aliphatic rings. The van der Waals surface area contributed by atoms with Gasteiger partial charge in [-0.3, -0.25) is 14.4 Å². The van der Waals surface area contributed by atoms with Crippen molar-refractivity contribution in [3.8, 4) is 0 Å². The summed E-state index contributed by atoms with van der Waals surface area (Å²) >= 11 is 1.60. The predicted molar refractivity (Wildman–Crippen MR) is 289 cm³/mol. The minimum Gasteiger partial charge on any atom is -0.462 e. The average molecular weight is 992 g/mol. The molecule has 2 rings (SSSR count). The zero-order valence-corrected chi connectivity index (χ0v) is 47.0. The number of esters is 3. The van der Waals surface area contributed by atoms with E-state index in [4.69, 9.17) is 14.2 Å². The SMILES string of the molecule is CC.CCCCCCCCC(CCCCCC)OC(=O)CCCCC(=O)N1CCc2c(sc(C)c2C(=O)OCCCN(C)C)C1.CCCCCCCCC(CCCCCC)OC(=O)CCCCC=O. The first-order valence-corrected chi connectivity index (χ1v) is 29.4. The first-order valence-electron chi connectivity index (χ1n) is 28.5. The number of fused-ring (bicyclic) bond motifs is 1. The minimum atomic E-state index is -0.240. The predicted octanol–water partition coefficient (Wildman–Crippen LogP) is 15.6. The summed E-state index contributed by atoms with van der Waals surface area (Å²) in [5.74, 6) is -0.311. The summed E-state index contributed by atoms with van der Waals surface area (Å²) in [4.78, 5) is 66.7. The van der Waals surface area contributed by atoms with Crippen LogP contribution in [0.25, 0.3) is 0 Å². The molecule has 2 heterocycles. The Morgan fingerprint density at radius 3 is 1.51 bits per heavy atom. The zero-order chi connectivity index (χ0) is 51.3. The third-order valence-electron chi connectivity index (χ3n) is 12.9. The van der Waals surface area contributed by atoms with Crippen molar-refractivity contribution >= 4 is 41.4 Å². The van der Waals surface area contributed by atoms with E-state index in [-0.39, 0.29) is 36.0 Å². The molecule has 69 heavy (non-hydrogen) atoms. The molecule has 0 fully saturated rings. The van der Waals surface area contributed by atoms with Crippen LogP contribution in [0.15, 0.2) is 0 Å². The van der Waals surface area contributed by atoms with Crippen LogP contribution in [-0.4, -0.2) is 85.9 Å². The molecule has 0 N–H and O–H groups in total. The van der Waals surface area contributed by atoms with Crippen LogP contribution >= 0.6 is 11.3 Å². The third kappa shape index (κ3) is 35.1. The molecule has 1 amide bonds. The molecule has 1 aliphatic heterocycles. The molecule has 402 valence electrons. The second kappa shape index (κ2) is 46.3. The summed E-state index contributed by atoms with van der Waals surface area (Å²) in [7, 11) is 4.01. The van der Waals surface area contributed by atoms with Gasteiger partial charge in [0.1, 0.15) is 18.5 Å². The van der Waals surface area contributed by atoms with E-state index in [9.17, 15) is 24.0 Å². The van der Waals surface area contributed by atoms with E-state index in [0.717, 1.165) is 92.4 Å². The Bertz CT molecular complexity index is 1430. The van der Waals surface area contributed by atoms with Gasteiger partial charge in [-0.1, -0.05) is 144 Å². The Balaban J connectivity index is 0.00000151. The van der Waals surface area contributed by atoms with Gasteiger partial charge in [0.2, 0.25) is 5.91 Å². The molecule has 0 aliphatic carbocycles. The number of hydrogen-bond donors (Lipinski definition) is 0. The molecule has 0 bridgehead atoms. The summed E-state index contributed by atoms with van der Waals surface area (Å²) < 4.78 is 17.2. The molecule has 0 aromatic carbocycles. The monoisotopic (exact) mass is 991 g/mol. The van der Waals surface area contributed by atoms with Crippen LogP contribution in [0.2, 0.25) is 0 Å². The number of ether oxygens (including phenoxy) is 3. The Morgan fingerprint density at radius 2 is 1.04 bits per heavy atom. The van der Waals surface area contributed by atoms with Crippen molar-refractivity contribution in [1.29, 1.82) is 0 Å². The van der Waals surface area contributed by atoms with E-state index in [1.807, 2.05) is 39.8 Å². The van der Waals surface area contributed by atoms with Gasteiger partial charge < -0.3 is 28.8 Å². The minimum absolute atomic E-state index is 0.0363. The van der Waals surface area contributed by atoms with Crippen molar-refractivity contribution < 1.29 is 38.2 Å². The normalized spacial score (nSPS) is 12.8. The van der Waals surface area contributed by atoms with Crippen molar-refractivity contribution in [2.75, 3.05) is 33.8 Å². The molecule has 0 spiro atoms. The van der Waals surface area contributed by atoms with Crippen LogP contribution in [0.4, 0.5) is 0 Å². The Morgan fingerprint density at radius 1 is 0.609 bits per heavy atom. The molecule has 1 aromatic rings. The lowest BCUT2D eigenvalue weighted by Crippen LogP contribution is -2.35. The van der Waals surface area contributed by atoms with E-state index in [1.54, 1.807) is 11.3 Å². The number of rotatable bonds is 41. The van der Waals surface area contributed by atoms with Crippen LogP contribution in [0.5, 0.6) is 0 Å². The van der Waals surface area contributed by atoms with Crippen molar-refractivity contribution in [3.05, 3.63) is 20.9 Å². The summed E-state index contributed by atoms with van der Waals surface area (Å²) in [5.41, 5.74) is 1.76. The fraction of sp³-hybridized carbons (Fsp3) is 0.845. The van der Waals surface area contributed by atoms with E-state index in [1.165, 1.54) is 109 Å². The highest BCUT2D eigenvalue weighted by Gasteiger charge is 2.29. The van der Waals surface area contributed by atoms with E-state index in [2.05, 4.69) is 32.6 Å². The number of unbranched alkanes of at least 4 members (excludes halogenated alkanes) is 19. The summed E-state index contributed by atoms with van der Waals surface area (Å²) in [6.45, 7) is 17.3. The van der Waals surface area contributed by atoms with Gasteiger partial charge in [-0.05, 0) is 116 Å². The number of thiophene rings is 1. The summed E-state index contributed by atoms with van der Waals surface area (Å²) in [6, 6.07) is 0. The van der Waals surface area contributed by atoms with Crippen LogP contribution in [0, 0.1) is 6.92 Å². The molecule has 2 atom stereocenters. The van der Waals surface area contributed by atoms with Gasteiger partial charge in [-0.2, -0.15) is 0 Å². The second-order valence-corrected chi connectivity index (χ2v) is 20.8. The number of carbonyl (C=O) groups excluding carboxylic acids is 5. The number of amides is 1. The molecule has 10 nitrogen and oxygen atoms in total. The fourth-order valence-electron chi connectivity index (χ4n) is 8.76. The Hall–Kier alpha value is -2.79. The smallest absolute Gasteiger partial charge is 0.339 e. The lowest BCUT2D eigenvalue weighted by atomic mass is 10.0.